The second kappa shape index (κ2) is 10.8. The van der Waals surface area contributed by atoms with Crippen LogP contribution in [0.15, 0.2) is 47.4 Å². The third-order valence-electron chi connectivity index (χ3n) is 4.77. The number of alkyl halides is 3. The van der Waals surface area contributed by atoms with Crippen LogP contribution in [0.25, 0.3) is 0 Å². The second-order valence-electron chi connectivity index (χ2n) is 7.50. The van der Waals surface area contributed by atoms with Crippen molar-refractivity contribution in [2.24, 2.45) is 0 Å². The van der Waals surface area contributed by atoms with Crippen molar-refractivity contribution in [2.45, 2.75) is 37.8 Å². The first-order valence-electron chi connectivity index (χ1n) is 10.1. The molecule has 0 aromatic heterocycles. The van der Waals surface area contributed by atoms with Gasteiger partial charge in [0.1, 0.15) is 0 Å². The van der Waals surface area contributed by atoms with Crippen LogP contribution < -0.4 is 10.6 Å². The van der Waals surface area contributed by atoms with Crippen molar-refractivity contribution in [1.29, 1.82) is 0 Å². The smallest absolute Gasteiger partial charge is 0.326 e. The predicted octanol–water partition coefficient (Wildman–Crippen LogP) is 3.91. The van der Waals surface area contributed by atoms with Crippen LogP contribution in [0.5, 0.6) is 0 Å². The zero-order valence-corrected chi connectivity index (χ0v) is 19.5. The Balaban J connectivity index is 2.01. The van der Waals surface area contributed by atoms with E-state index < -0.39 is 39.3 Å². The quantitative estimate of drug-likeness (QED) is 0.508. The SMILES string of the molecule is CC(=O)Nc1ccc(NC(=O)CCCN(C)S(=O)(=O)c2ccc(C(C)=O)cc2)c(C(F)(F)F)c1. The number of amides is 2. The molecule has 0 aliphatic carbocycles. The molecule has 0 bridgehead atoms. The number of carbonyl (C=O) groups excluding carboxylic acids is 3. The third kappa shape index (κ3) is 7.12. The van der Waals surface area contributed by atoms with Gasteiger partial charge in [0.25, 0.3) is 0 Å². The molecular formula is C22H24F3N3O5S. The number of ketones is 1. The Bertz CT molecular complexity index is 1180. The summed E-state index contributed by atoms with van der Waals surface area (Å²) in [6, 6.07) is 8.38. The van der Waals surface area contributed by atoms with Gasteiger partial charge < -0.3 is 10.6 Å². The zero-order chi connectivity index (χ0) is 25.7. The highest BCUT2D eigenvalue weighted by atomic mass is 32.2. The fourth-order valence-electron chi connectivity index (χ4n) is 3.01. The molecule has 0 unspecified atom stereocenters. The number of halogens is 3. The molecule has 0 heterocycles. The Kier molecular flexibility index (Phi) is 8.56. The topological polar surface area (TPSA) is 113 Å². The Morgan fingerprint density at radius 2 is 1.59 bits per heavy atom. The number of nitrogens with zero attached hydrogens (tertiary/aromatic N) is 1. The van der Waals surface area contributed by atoms with E-state index in [2.05, 4.69) is 10.6 Å². The Morgan fingerprint density at radius 1 is 0.971 bits per heavy atom. The minimum Gasteiger partial charge on any atom is -0.326 e. The van der Waals surface area contributed by atoms with Crippen LogP contribution in [0.3, 0.4) is 0 Å². The van der Waals surface area contributed by atoms with Crippen molar-refractivity contribution in [3.8, 4) is 0 Å². The van der Waals surface area contributed by atoms with E-state index in [0.717, 1.165) is 23.4 Å². The number of nitrogens with one attached hydrogen (secondary N) is 2. The Hall–Kier alpha value is -3.25. The average molecular weight is 500 g/mol. The normalized spacial score (nSPS) is 11.9. The van der Waals surface area contributed by atoms with Crippen LogP contribution in [0.4, 0.5) is 24.5 Å². The van der Waals surface area contributed by atoms with Crippen molar-refractivity contribution in [1.82, 2.24) is 4.31 Å². The molecule has 0 aliphatic heterocycles. The number of anilines is 2. The summed E-state index contributed by atoms with van der Waals surface area (Å²) in [6.45, 7) is 2.45. The van der Waals surface area contributed by atoms with E-state index in [1.807, 2.05) is 0 Å². The molecule has 2 N–H and O–H groups in total. The minimum absolute atomic E-state index is 0.0291. The van der Waals surface area contributed by atoms with Crippen LogP contribution >= 0.6 is 0 Å². The van der Waals surface area contributed by atoms with Gasteiger partial charge in [0.15, 0.2) is 5.78 Å². The van der Waals surface area contributed by atoms with Crippen LogP contribution in [0, 0.1) is 0 Å². The first kappa shape index (κ1) is 27.0. The summed E-state index contributed by atoms with van der Waals surface area (Å²) in [7, 11) is -2.56. The van der Waals surface area contributed by atoms with E-state index in [4.69, 9.17) is 0 Å². The lowest BCUT2D eigenvalue weighted by Gasteiger charge is -2.18. The average Bonchev–Trinajstić information content (AvgIpc) is 2.73. The van der Waals surface area contributed by atoms with Gasteiger partial charge in [-0.25, -0.2) is 12.7 Å². The van der Waals surface area contributed by atoms with Crippen molar-refractivity contribution >= 4 is 39.0 Å². The molecule has 0 saturated heterocycles. The molecule has 2 aromatic rings. The molecule has 0 spiro atoms. The number of hydrogen-bond acceptors (Lipinski definition) is 5. The number of benzene rings is 2. The van der Waals surface area contributed by atoms with Gasteiger partial charge in [-0.1, -0.05) is 12.1 Å². The summed E-state index contributed by atoms with van der Waals surface area (Å²) in [5, 5.41) is 4.44. The molecule has 2 aromatic carbocycles. The van der Waals surface area contributed by atoms with E-state index in [9.17, 15) is 36.0 Å². The van der Waals surface area contributed by atoms with E-state index in [0.29, 0.717) is 5.56 Å². The summed E-state index contributed by atoms with van der Waals surface area (Å²) in [5.74, 6) is -1.48. The maximum Gasteiger partial charge on any atom is 0.418 e. The van der Waals surface area contributed by atoms with Crippen LogP contribution in [-0.4, -0.2) is 43.9 Å². The van der Waals surface area contributed by atoms with E-state index in [1.54, 1.807) is 0 Å². The van der Waals surface area contributed by atoms with Gasteiger partial charge in [0.05, 0.1) is 16.1 Å². The molecule has 0 aliphatic rings. The molecule has 0 radical (unpaired) electrons. The van der Waals surface area contributed by atoms with Gasteiger partial charge in [-0.15, -0.1) is 0 Å². The van der Waals surface area contributed by atoms with E-state index in [1.165, 1.54) is 44.3 Å². The highest BCUT2D eigenvalue weighted by molar-refractivity contribution is 7.89. The van der Waals surface area contributed by atoms with Crippen LogP contribution in [0.2, 0.25) is 0 Å². The number of rotatable bonds is 9. The van der Waals surface area contributed by atoms with Crippen molar-refractivity contribution in [3.05, 3.63) is 53.6 Å². The van der Waals surface area contributed by atoms with Crippen molar-refractivity contribution < 1.29 is 36.0 Å². The third-order valence-corrected chi connectivity index (χ3v) is 6.64. The van der Waals surface area contributed by atoms with Crippen LogP contribution in [0.1, 0.15) is 42.6 Å². The lowest BCUT2D eigenvalue weighted by molar-refractivity contribution is -0.137. The highest BCUT2D eigenvalue weighted by Crippen LogP contribution is 2.36. The number of carbonyl (C=O) groups is 3. The second-order valence-corrected chi connectivity index (χ2v) is 9.54. The molecule has 0 fully saturated rings. The van der Waals surface area contributed by atoms with Crippen molar-refractivity contribution in [3.63, 3.8) is 0 Å². The summed E-state index contributed by atoms with van der Waals surface area (Å²) < 4.78 is 66.4. The molecule has 8 nitrogen and oxygen atoms in total. The fourth-order valence-corrected chi connectivity index (χ4v) is 4.21. The number of sulfonamides is 1. The maximum atomic E-state index is 13.4. The van der Waals surface area contributed by atoms with Gasteiger partial charge in [0, 0.05) is 38.2 Å². The summed E-state index contributed by atoms with van der Waals surface area (Å²) >= 11 is 0. The minimum atomic E-state index is -4.77. The predicted molar refractivity (Wildman–Crippen MR) is 120 cm³/mol. The molecule has 0 atom stereocenters. The summed E-state index contributed by atoms with van der Waals surface area (Å²) in [4.78, 5) is 34.6. The van der Waals surface area contributed by atoms with Gasteiger partial charge in [-0.05, 0) is 43.7 Å². The van der Waals surface area contributed by atoms with E-state index in [-0.39, 0.29) is 35.8 Å². The largest absolute Gasteiger partial charge is 0.418 e. The summed E-state index contributed by atoms with van der Waals surface area (Å²) in [5.41, 5.74) is -1.30. The monoisotopic (exact) mass is 499 g/mol. The number of Topliss-reactive ketones (excluding diaryl/α,β-unsaturated/α-hetero) is 1. The summed E-state index contributed by atoms with van der Waals surface area (Å²) in [6.07, 6.45) is -4.95. The van der Waals surface area contributed by atoms with Gasteiger partial charge >= 0.3 is 6.18 Å². The number of hydrogen-bond donors (Lipinski definition) is 2. The molecule has 34 heavy (non-hydrogen) atoms. The lowest BCUT2D eigenvalue weighted by atomic mass is 10.1. The fraction of sp³-hybridized carbons (Fsp3) is 0.318. The first-order chi connectivity index (χ1) is 15.7. The standard InChI is InChI=1S/C22H24F3N3O5S/c1-14(29)16-6-9-18(10-7-16)34(32,33)28(3)12-4-5-21(31)27-20-11-8-17(26-15(2)30)13-19(20)22(23,24)25/h6-11,13H,4-5,12H2,1-3H3,(H,26,30)(H,27,31). The molecule has 12 heteroatoms. The molecule has 0 saturated carbocycles. The molecule has 2 rings (SSSR count). The zero-order valence-electron chi connectivity index (χ0n) is 18.7. The Morgan fingerprint density at radius 3 is 2.12 bits per heavy atom. The first-order valence-corrected chi connectivity index (χ1v) is 11.5. The van der Waals surface area contributed by atoms with Crippen LogP contribution in [-0.2, 0) is 25.8 Å². The van der Waals surface area contributed by atoms with Gasteiger partial charge in [-0.2, -0.15) is 13.2 Å². The molecule has 2 amide bonds. The van der Waals surface area contributed by atoms with Gasteiger partial charge in [0.2, 0.25) is 21.8 Å². The lowest BCUT2D eigenvalue weighted by Crippen LogP contribution is -2.28. The van der Waals surface area contributed by atoms with E-state index >= 15 is 0 Å². The van der Waals surface area contributed by atoms with Crippen molar-refractivity contribution in [2.75, 3.05) is 24.2 Å². The maximum absolute atomic E-state index is 13.4. The Labute approximate surface area is 195 Å². The highest BCUT2D eigenvalue weighted by Gasteiger charge is 2.34. The molecule has 184 valence electrons. The van der Waals surface area contributed by atoms with Gasteiger partial charge in [-0.3, -0.25) is 14.4 Å². The molecular weight excluding hydrogens is 475 g/mol.